The minimum Gasteiger partial charge on any atom is -0.233 e. The number of benzene rings is 1. The van der Waals surface area contributed by atoms with Crippen molar-refractivity contribution in [3.8, 4) is 11.4 Å². The summed E-state index contributed by atoms with van der Waals surface area (Å²) in [7, 11) is 0. The van der Waals surface area contributed by atoms with Crippen molar-refractivity contribution in [2.75, 3.05) is 0 Å². The number of nitrogens with zero attached hydrogens (tertiary/aromatic N) is 2. The Bertz CT molecular complexity index is 577. The maximum atomic E-state index is 6.11. The van der Waals surface area contributed by atoms with Crippen molar-refractivity contribution in [1.29, 1.82) is 0 Å². The largest absolute Gasteiger partial charge is 0.233 e. The van der Waals surface area contributed by atoms with Crippen LogP contribution in [-0.4, -0.2) is 9.97 Å². The van der Waals surface area contributed by atoms with E-state index in [0.29, 0.717) is 21.0 Å². The summed E-state index contributed by atoms with van der Waals surface area (Å²) in [6, 6.07) is 5.21. The van der Waals surface area contributed by atoms with Gasteiger partial charge in [-0.25, -0.2) is 9.97 Å². The molecule has 0 radical (unpaired) electrons. The van der Waals surface area contributed by atoms with Gasteiger partial charge in [-0.3, -0.25) is 0 Å². The second-order valence-corrected chi connectivity index (χ2v) is 5.15. The van der Waals surface area contributed by atoms with Gasteiger partial charge in [-0.05, 0) is 31.5 Å². The summed E-state index contributed by atoms with van der Waals surface area (Å²) < 4.78 is 0. The smallest absolute Gasteiger partial charge is 0.161 e. The standard InChI is InChI=1S/C13H11Cl3N2/c1-3-11-7(2)12(16)18-13(17-11)8-4-9(14)6-10(15)5-8/h4-6H,3H2,1-2H3. The first-order valence-corrected chi connectivity index (χ1v) is 6.64. The monoisotopic (exact) mass is 300 g/mol. The molecule has 0 fully saturated rings. The molecule has 0 aliphatic heterocycles. The lowest BCUT2D eigenvalue weighted by molar-refractivity contribution is 0.977. The normalized spacial score (nSPS) is 10.7. The highest BCUT2D eigenvalue weighted by Gasteiger charge is 2.10. The summed E-state index contributed by atoms with van der Waals surface area (Å²) >= 11 is 18.1. The van der Waals surface area contributed by atoms with Crippen LogP contribution in [0.5, 0.6) is 0 Å². The highest BCUT2D eigenvalue weighted by molar-refractivity contribution is 6.35. The summed E-state index contributed by atoms with van der Waals surface area (Å²) in [5.74, 6) is 0.548. The third-order valence-corrected chi connectivity index (χ3v) is 3.45. The number of aromatic nitrogens is 2. The molecule has 2 aromatic rings. The molecule has 5 heteroatoms. The molecule has 2 nitrogen and oxygen atoms in total. The van der Waals surface area contributed by atoms with Crippen LogP contribution in [0.2, 0.25) is 15.2 Å². The predicted octanol–water partition coefficient (Wildman–Crippen LogP) is 4.97. The Kier molecular flexibility index (Phi) is 4.10. The minimum absolute atomic E-state index is 0.466. The third kappa shape index (κ3) is 2.77. The fourth-order valence-corrected chi connectivity index (χ4v) is 2.40. The number of rotatable bonds is 2. The van der Waals surface area contributed by atoms with Crippen LogP contribution in [0.25, 0.3) is 11.4 Å². The van der Waals surface area contributed by atoms with Gasteiger partial charge in [-0.2, -0.15) is 0 Å². The van der Waals surface area contributed by atoms with Gasteiger partial charge >= 0.3 is 0 Å². The van der Waals surface area contributed by atoms with Crippen LogP contribution >= 0.6 is 34.8 Å². The lowest BCUT2D eigenvalue weighted by atomic mass is 10.1. The fraction of sp³-hybridized carbons (Fsp3) is 0.231. The molecule has 0 N–H and O–H groups in total. The Morgan fingerprint density at radius 1 is 1.00 bits per heavy atom. The Hall–Kier alpha value is -0.830. The van der Waals surface area contributed by atoms with Gasteiger partial charge in [0.25, 0.3) is 0 Å². The lowest BCUT2D eigenvalue weighted by Gasteiger charge is -2.08. The number of hydrogen-bond donors (Lipinski definition) is 0. The summed E-state index contributed by atoms with van der Waals surface area (Å²) in [5, 5.41) is 1.57. The molecule has 0 atom stereocenters. The third-order valence-electron chi connectivity index (χ3n) is 2.64. The SMILES string of the molecule is CCc1nc(-c2cc(Cl)cc(Cl)c2)nc(Cl)c1C. The van der Waals surface area contributed by atoms with Crippen molar-refractivity contribution in [3.63, 3.8) is 0 Å². The Morgan fingerprint density at radius 2 is 1.61 bits per heavy atom. The summed E-state index contributed by atoms with van der Waals surface area (Å²) in [6.07, 6.45) is 0.801. The first-order chi connectivity index (χ1) is 8.51. The highest BCUT2D eigenvalue weighted by atomic mass is 35.5. The van der Waals surface area contributed by atoms with Gasteiger partial charge < -0.3 is 0 Å². The van der Waals surface area contributed by atoms with E-state index < -0.39 is 0 Å². The molecular weight excluding hydrogens is 291 g/mol. The van der Waals surface area contributed by atoms with Crippen molar-refractivity contribution in [2.24, 2.45) is 0 Å². The van der Waals surface area contributed by atoms with Crippen molar-refractivity contribution in [3.05, 3.63) is 44.7 Å². The molecule has 0 aliphatic rings. The molecule has 0 bridgehead atoms. The molecule has 1 heterocycles. The average molecular weight is 302 g/mol. The molecule has 0 aliphatic carbocycles. The maximum Gasteiger partial charge on any atom is 0.161 e. The molecule has 1 aromatic carbocycles. The van der Waals surface area contributed by atoms with Crippen LogP contribution in [0.4, 0.5) is 0 Å². The highest BCUT2D eigenvalue weighted by Crippen LogP contribution is 2.27. The molecule has 0 spiro atoms. The molecule has 0 unspecified atom stereocenters. The van der Waals surface area contributed by atoms with E-state index in [1.165, 1.54) is 0 Å². The van der Waals surface area contributed by atoms with Gasteiger partial charge in [-0.15, -0.1) is 0 Å². The molecule has 0 amide bonds. The topological polar surface area (TPSA) is 25.8 Å². The fourth-order valence-electron chi connectivity index (χ4n) is 1.69. The van der Waals surface area contributed by atoms with Crippen LogP contribution in [0.15, 0.2) is 18.2 Å². The van der Waals surface area contributed by atoms with E-state index in [-0.39, 0.29) is 0 Å². The lowest BCUT2D eigenvalue weighted by Crippen LogP contribution is -1.99. The van der Waals surface area contributed by atoms with E-state index in [2.05, 4.69) is 9.97 Å². The van der Waals surface area contributed by atoms with Crippen LogP contribution < -0.4 is 0 Å². The molecule has 94 valence electrons. The summed E-state index contributed by atoms with van der Waals surface area (Å²) in [6.45, 7) is 3.94. The number of aryl methyl sites for hydroxylation is 1. The zero-order valence-corrected chi connectivity index (χ0v) is 12.2. The van der Waals surface area contributed by atoms with Crippen LogP contribution in [0.3, 0.4) is 0 Å². The van der Waals surface area contributed by atoms with E-state index in [0.717, 1.165) is 23.2 Å². The van der Waals surface area contributed by atoms with Crippen LogP contribution in [0, 0.1) is 6.92 Å². The van der Waals surface area contributed by atoms with Crippen molar-refractivity contribution in [1.82, 2.24) is 9.97 Å². The van der Waals surface area contributed by atoms with Gasteiger partial charge in [0.15, 0.2) is 5.82 Å². The van der Waals surface area contributed by atoms with E-state index in [1.54, 1.807) is 18.2 Å². The Balaban J connectivity index is 2.60. The quantitative estimate of drug-likeness (QED) is 0.731. The summed E-state index contributed by atoms with van der Waals surface area (Å²) in [4.78, 5) is 8.76. The first kappa shape index (κ1) is 13.6. The van der Waals surface area contributed by atoms with E-state index in [9.17, 15) is 0 Å². The van der Waals surface area contributed by atoms with Gasteiger partial charge in [0.05, 0.1) is 0 Å². The van der Waals surface area contributed by atoms with Gasteiger partial charge in [0, 0.05) is 26.9 Å². The Morgan fingerprint density at radius 3 is 2.17 bits per heavy atom. The van der Waals surface area contributed by atoms with Crippen LogP contribution in [-0.2, 0) is 6.42 Å². The van der Waals surface area contributed by atoms with Gasteiger partial charge in [0.1, 0.15) is 5.15 Å². The van der Waals surface area contributed by atoms with Crippen molar-refractivity contribution < 1.29 is 0 Å². The van der Waals surface area contributed by atoms with E-state index >= 15 is 0 Å². The molecule has 0 saturated carbocycles. The molecule has 0 saturated heterocycles. The number of hydrogen-bond acceptors (Lipinski definition) is 2. The van der Waals surface area contributed by atoms with Gasteiger partial charge in [0.2, 0.25) is 0 Å². The second kappa shape index (κ2) is 5.43. The van der Waals surface area contributed by atoms with Gasteiger partial charge in [-0.1, -0.05) is 41.7 Å². The summed E-state index contributed by atoms with van der Waals surface area (Å²) in [5.41, 5.74) is 2.61. The number of halogens is 3. The van der Waals surface area contributed by atoms with Crippen molar-refractivity contribution >= 4 is 34.8 Å². The zero-order chi connectivity index (χ0) is 13.3. The Labute approximate surface area is 121 Å². The van der Waals surface area contributed by atoms with E-state index in [4.69, 9.17) is 34.8 Å². The second-order valence-electron chi connectivity index (χ2n) is 3.92. The van der Waals surface area contributed by atoms with Crippen LogP contribution in [0.1, 0.15) is 18.2 Å². The maximum absolute atomic E-state index is 6.11. The predicted molar refractivity (Wildman–Crippen MR) is 76.6 cm³/mol. The molecule has 1 aromatic heterocycles. The molecular formula is C13H11Cl3N2. The first-order valence-electron chi connectivity index (χ1n) is 5.50. The zero-order valence-electron chi connectivity index (χ0n) is 9.97. The minimum atomic E-state index is 0.466. The average Bonchev–Trinajstić information content (AvgIpc) is 2.31. The molecule has 18 heavy (non-hydrogen) atoms. The van der Waals surface area contributed by atoms with E-state index in [1.807, 2.05) is 13.8 Å². The van der Waals surface area contributed by atoms with Crippen molar-refractivity contribution in [2.45, 2.75) is 20.3 Å². The molecule has 2 rings (SSSR count).